The summed E-state index contributed by atoms with van der Waals surface area (Å²) in [6.07, 6.45) is -1.57. The zero-order valence-electron chi connectivity index (χ0n) is 6.70. The number of piperidine rings is 1. The molecule has 0 radical (unpaired) electrons. The molecule has 1 N–H and O–H groups in total. The van der Waals surface area contributed by atoms with E-state index in [0.29, 0.717) is 0 Å². The van der Waals surface area contributed by atoms with Crippen molar-refractivity contribution < 1.29 is 14.3 Å². The number of nitrogens with zero attached hydrogens (tertiary/aromatic N) is 1. The van der Waals surface area contributed by atoms with E-state index in [1.807, 2.05) is 6.66 Å². The number of amides is 1. The quantitative estimate of drug-likeness (QED) is 0.599. The fraction of sp³-hybridized carbons (Fsp3) is 0.857. The molecule has 5 atom stereocenters. The van der Waals surface area contributed by atoms with Gasteiger partial charge in [0.1, 0.15) is 6.17 Å². The molecule has 0 aromatic heterocycles. The molecule has 5 heteroatoms. The highest BCUT2D eigenvalue weighted by atomic mass is 31.1. The van der Waals surface area contributed by atoms with E-state index in [4.69, 9.17) is 0 Å². The van der Waals surface area contributed by atoms with Crippen LogP contribution in [0, 0.1) is 5.92 Å². The van der Waals surface area contributed by atoms with Crippen molar-refractivity contribution in [2.45, 2.75) is 24.7 Å². The SMILES string of the molecule is CPN1C(=O)C2CC(F)C1C2O. The third kappa shape index (κ3) is 0.852. The third-order valence-corrected chi connectivity index (χ3v) is 3.71. The maximum absolute atomic E-state index is 13.1. The molecule has 0 aromatic rings. The molecule has 68 valence electrons. The van der Waals surface area contributed by atoms with Crippen LogP contribution in [0.3, 0.4) is 0 Å². The minimum atomic E-state index is -1.02. The summed E-state index contributed by atoms with van der Waals surface area (Å²) >= 11 is 0. The predicted octanol–water partition coefficient (Wildman–Crippen LogP) is 0.139. The van der Waals surface area contributed by atoms with Crippen molar-refractivity contribution in [3.63, 3.8) is 0 Å². The summed E-state index contributed by atoms with van der Waals surface area (Å²) < 4.78 is 14.6. The molecule has 2 bridgehead atoms. The number of carbonyl (C=O) groups is 1. The molecule has 12 heavy (non-hydrogen) atoms. The van der Waals surface area contributed by atoms with Crippen LogP contribution in [0.25, 0.3) is 0 Å². The van der Waals surface area contributed by atoms with Gasteiger partial charge in [-0.25, -0.2) is 4.39 Å². The zero-order chi connectivity index (χ0) is 8.88. The molecule has 3 nitrogen and oxygen atoms in total. The Hall–Kier alpha value is -0.210. The molecular weight excluding hydrogens is 180 g/mol. The highest BCUT2D eigenvalue weighted by Gasteiger charge is 2.57. The molecule has 0 spiro atoms. The van der Waals surface area contributed by atoms with Gasteiger partial charge in [-0.15, -0.1) is 0 Å². The van der Waals surface area contributed by atoms with Crippen molar-refractivity contribution in [3.8, 4) is 0 Å². The van der Waals surface area contributed by atoms with Gasteiger partial charge >= 0.3 is 0 Å². The Morgan fingerprint density at radius 1 is 1.75 bits per heavy atom. The first-order valence-corrected chi connectivity index (χ1v) is 5.44. The van der Waals surface area contributed by atoms with Crippen LogP contribution in [0.2, 0.25) is 0 Å². The van der Waals surface area contributed by atoms with E-state index < -0.39 is 24.2 Å². The fourth-order valence-electron chi connectivity index (χ4n) is 2.12. The lowest BCUT2D eigenvalue weighted by Gasteiger charge is -2.27. The van der Waals surface area contributed by atoms with Crippen LogP contribution in [0.4, 0.5) is 4.39 Å². The molecule has 2 aliphatic rings. The molecular formula is C7H11FNO2P. The van der Waals surface area contributed by atoms with Crippen molar-refractivity contribution in [1.29, 1.82) is 0 Å². The zero-order valence-corrected chi connectivity index (χ0v) is 7.70. The third-order valence-electron chi connectivity index (χ3n) is 2.71. The van der Waals surface area contributed by atoms with Crippen molar-refractivity contribution >= 4 is 14.6 Å². The van der Waals surface area contributed by atoms with Crippen LogP contribution in [-0.2, 0) is 4.79 Å². The number of aliphatic hydroxyl groups excluding tert-OH is 1. The normalized spacial score (nSPS) is 46.9. The number of alkyl halides is 1. The van der Waals surface area contributed by atoms with Gasteiger partial charge in [-0.1, -0.05) is 0 Å². The summed E-state index contributed by atoms with van der Waals surface area (Å²) in [6, 6.07) is -0.550. The monoisotopic (exact) mass is 191 g/mol. The summed E-state index contributed by atoms with van der Waals surface area (Å²) in [5.74, 6) is -0.528. The minimum Gasteiger partial charge on any atom is -0.390 e. The summed E-state index contributed by atoms with van der Waals surface area (Å²) in [6.45, 7) is 1.83. The maximum atomic E-state index is 13.1. The van der Waals surface area contributed by atoms with E-state index in [2.05, 4.69) is 0 Å². The largest absolute Gasteiger partial charge is 0.390 e. The number of fused-ring (bicyclic) bond motifs is 2. The van der Waals surface area contributed by atoms with Gasteiger partial charge in [0.15, 0.2) is 0 Å². The summed E-state index contributed by atoms with van der Waals surface area (Å²) in [4.78, 5) is 11.4. The van der Waals surface area contributed by atoms with Gasteiger partial charge in [-0.05, 0) is 21.8 Å². The van der Waals surface area contributed by atoms with Crippen molar-refractivity contribution in [2.75, 3.05) is 6.66 Å². The second-order valence-electron chi connectivity index (χ2n) is 3.27. The Bertz CT molecular complexity index is 225. The fourth-order valence-corrected chi connectivity index (χ4v) is 3.12. The smallest absolute Gasteiger partial charge is 0.231 e. The molecule has 1 aliphatic heterocycles. The van der Waals surface area contributed by atoms with Crippen LogP contribution in [0.5, 0.6) is 0 Å². The first-order chi connectivity index (χ1) is 5.66. The van der Waals surface area contributed by atoms with Crippen LogP contribution in [-0.4, -0.2) is 40.7 Å². The first-order valence-electron chi connectivity index (χ1n) is 3.99. The summed E-state index contributed by atoms with van der Waals surface area (Å²) in [5, 5.41) is 9.47. The number of hydrogen-bond donors (Lipinski definition) is 1. The average molecular weight is 191 g/mol. The molecule has 1 heterocycles. The summed E-state index contributed by atoms with van der Waals surface area (Å²) in [7, 11) is 0.265. The van der Waals surface area contributed by atoms with E-state index in [1.165, 1.54) is 4.67 Å². The second-order valence-corrected chi connectivity index (χ2v) is 4.20. The Kier molecular flexibility index (Phi) is 1.85. The molecule has 1 aliphatic carbocycles. The van der Waals surface area contributed by atoms with Gasteiger partial charge in [0.2, 0.25) is 5.91 Å². The standard InChI is InChI=1S/C7H11FNO2P/c1-12-9-5-4(8)2-3(6(5)10)7(9)11/h3-6,10,12H,2H2,1H3. The molecule has 2 fully saturated rings. The van der Waals surface area contributed by atoms with E-state index in [1.54, 1.807) is 0 Å². The topological polar surface area (TPSA) is 40.5 Å². The van der Waals surface area contributed by atoms with Crippen LogP contribution in [0.15, 0.2) is 0 Å². The number of halogens is 1. The Morgan fingerprint density at radius 3 is 2.83 bits per heavy atom. The van der Waals surface area contributed by atoms with Gasteiger partial charge in [-0.2, -0.15) is 0 Å². The van der Waals surface area contributed by atoms with Crippen molar-refractivity contribution in [1.82, 2.24) is 4.67 Å². The van der Waals surface area contributed by atoms with E-state index in [-0.39, 0.29) is 21.1 Å². The molecule has 1 amide bonds. The highest BCUT2D eigenvalue weighted by molar-refractivity contribution is 7.35. The van der Waals surface area contributed by atoms with Gasteiger partial charge in [0, 0.05) is 0 Å². The van der Waals surface area contributed by atoms with Gasteiger partial charge in [-0.3, -0.25) is 4.79 Å². The van der Waals surface area contributed by atoms with Crippen LogP contribution in [0.1, 0.15) is 6.42 Å². The second kappa shape index (κ2) is 2.64. The number of carbonyl (C=O) groups excluding carboxylic acids is 1. The molecule has 2 rings (SSSR count). The lowest BCUT2D eigenvalue weighted by Crippen LogP contribution is -2.38. The maximum Gasteiger partial charge on any atom is 0.231 e. The predicted molar refractivity (Wildman–Crippen MR) is 43.9 cm³/mol. The first kappa shape index (κ1) is 8.39. The van der Waals surface area contributed by atoms with Crippen LogP contribution >= 0.6 is 8.73 Å². The Balaban J connectivity index is 2.27. The van der Waals surface area contributed by atoms with Gasteiger partial charge in [0.05, 0.1) is 18.1 Å². The minimum absolute atomic E-state index is 0.0674. The van der Waals surface area contributed by atoms with Gasteiger partial charge in [0.25, 0.3) is 0 Å². The van der Waals surface area contributed by atoms with Gasteiger partial charge < -0.3 is 9.78 Å². The lowest BCUT2D eigenvalue weighted by atomic mass is 10.1. The van der Waals surface area contributed by atoms with E-state index in [9.17, 15) is 14.3 Å². The average Bonchev–Trinajstić information content (AvgIpc) is 2.42. The number of rotatable bonds is 1. The van der Waals surface area contributed by atoms with Crippen molar-refractivity contribution in [2.24, 2.45) is 5.92 Å². The van der Waals surface area contributed by atoms with E-state index in [0.717, 1.165) is 0 Å². The lowest BCUT2D eigenvalue weighted by molar-refractivity contribution is -0.130. The highest BCUT2D eigenvalue weighted by Crippen LogP contribution is 2.44. The van der Waals surface area contributed by atoms with Crippen LogP contribution < -0.4 is 0 Å². The molecule has 1 saturated carbocycles. The summed E-state index contributed by atoms with van der Waals surface area (Å²) in [5.41, 5.74) is 0. The Labute approximate surface area is 71.8 Å². The van der Waals surface area contributed by atoms with E-state index >= 15 is 0 Å². The van der Waals surface area contributed by atoms with Crippen molar-refractivity contribution in [3.05, 3.63) is 0 Å². The molecule has 0 aromatic carbocycles. The number of hydrogen-bond acceptors (Lipinski definition) is 2. The number of aliphatic hydroxyl groups is 1. The Morgan fingerprint density at radius 2 is 2.42 bits per heavy atom. The molecule has 5 unspecified atom stereocenters. The molecule has 1 saturated heterocycles.